The highest BCUT2D eigenvalue weighted by Gasteiger charge is 2.21. The largest absolute Gasteiger partial charge is 0.506 e. The molecule has 0 fully saturated rings. The van der Waals surface area contributed by atoms with Gasteiger partial charge in [0.05, 0.1) is 11.7 Å². The fourth-order valence-corrected chi connectivity index (χ4v) is 3.13. The number of aromatic nitrogens is 1. The van der Waals surface area contributed by atoms with E-state index in [9.17, 15) is 19.1 Å². The number of fused-ring (bicyclic) bond motifs is 1. The van der Waals surface area contributed by atoms with Gasteiger partial charge in [-0.15, -0.1) is 0 Å². The summed E-state index contributed by atoms with van der Waals surface area (Å²) in [6.45, 7) is 2.50. The first-order valence-electron chi connectivity index (χ1n) is 9.47. The van der Waals surface area contributed by atoms with Gasteiger partial charge in [0.2, 0.25) is 0 Å². The summed E-state index contributed by atoms with van der Waals surface area (Å²) < 4.78 is 15.1. The van der Waals surface area contributed by atoms with E-state index in [4.69, 9.17) is 0 Å². The molecule has 0 bridgehead atoms. The number of unbranched alkanes of at least 4 members (excludes halogenated alkanes) is 2. The number of halogens is 1. The van der Waals surface area contributed by atoms with Gasteiger partial charge in [-0.1, -0.05) is 50.1 Å². The van der Waals surface area contributed by atoms with Crippen LogP contribution in [-0.4, -0.2) is 21.8 Å². The minimum atomic E-state index is -0.852. The van der Waals surface area contributed by atoms with Crippen LogP contribution in [0.3, 0.4) is 0 Å². The Bertz CT molecular complexity index is 1120. The van der Waals surface area contributed by atoms with Crippen molar-refractivity contribution in [3.63, 3.8) is 0 Å². The van der Waals surface area contributed by atoms with Crippen molar-refractivity contribution in [2.45, 2.75) is 32.7 Å². The van der Waals surface area contributed by atoms with Gasteiger partial charge in [0.25, 0.3) is 11.5 Å². The second kappa shape index (κ2) is 9.14. The van der Waals surface area contributed by atoms with E-state index < -0.39 is 23.0 Å². The number of benzene rings is 2. The van der Waals surface area contributed by atoms with Crippen molar-refractivity contribution < 1.29 is 14.3 Å². The molecule has 6 nitrogen and oxygen atoms in total. The third-order valence-electron chi connectivity index (χ3n) is 4.63. The summed E-state index contributed by atoms with van der Waals surface area (Å²) in [4.78, 5) is 25.6. The number of aryl methyl sites for hydroxylation is 1. The molecule has 0 spiro atoms. The van der Waals surface area contributed by atoms with Crippen molar-refractivity contribution >= 4 is 23.0 Å². The Labute approximate surface area is 167 Å². The number of pyridine rings is 1. The normalized spacial score (nSPS) is 11.2. The van der Waals surface area contributed by atoms with Gasteiger partial charge in [0.15, 0.2) is 0 Å². The van der Waals surface area contributed by atoms with Gasteiger partial charge >= 0.3 is 0 Å². The minimum absolute atomic E-state index is 0.188. The smallest absolute Gasteiger partial charge is 0.280 e. The molecule has 3 rings (SSSR count). The summed E-state index contributed by atoms with van der Waals surface area (Å²) >= 11 is 0. The molecule has 7 heteroatoms. The topological polar surface area (TPSA) is 83.7 Å². The van der Waals surface area contributed by atoms with Crippen LogP contribution < -0.4 is 11.0 Å². The van der Waals surface area contributed by atoms with E-state index in [-0.39, 0.29) is 11.1 Å². The molecule has 0 unspecified atom stereocenters. The predicted molar refractivity (Wildman–Crippen MR) is 111 cm³/mol. The summed E-state index contributed by atoms with van der Waals surface area (Å²) in [5.74, 6) is -1.73. The number of hydrogen-bond donors (Lipinski definition) is 2. The van der Waals surface area contributed by atoms with Crippen LogP contribution in [0, 0.1) is 5.82 Å². The molecule has 2 aromatic carbocycles. The van der Waals surface area contributed by atoms with Crippen LogP contribution in [0.25, 0.3) is 10.9 Å². The van der Waals surface area contributed by atoms with Gasteiger partial charge in [-0.05, 0) is 24.6 Å². The van der Waals surface area contributed by atoms with Gasteiger partial charge in [-0.2, -0.15) is 5.10 Å². The Hall–Kier alpha value is -3.48. The molecule has 0 saturated carbocycles. The summed E-state index contributed by atoms with van der Waals surface area (Å²) in [6, 6.07) is 12.8. The molecular weight excluding hydrogens is 373 g/mol. The fourth-order valence-electron chi connectivity index (χ4n) is 3.13. The average molecular weight is 395 g/mol. The zero-order valence-electron chi connectivity index (χ0n) is 16.1. The molecule has 2 N–H and O–H groups in total. The van der Waals surface area contributed by atoms with Crippen molar-refractivity contribution in [1.29, 1.82) is 0 Å². The highest BCUT2D eigenvalue weighted by Crippen LogP contribution is 2.26. The summed E-state index contributed by atoms with van der Waals surface area (Å²) in [7, 11) is 0. The SMILES string of the molecule is CCCCCn1c(=O)c(C(=O)N/N=C\c2ccccc2F)c(O)c2ccccc21. The van der Waals surface area contributed by atoms with Crippen molar-refractivity contribution in [2.75, 3.05) is 0 Å². The van der Waals surface area contributed by atoms with Crippen LogP contribution in [0.1, 0.15) is 42.1 Å². The van der Waals surface area contributed by atoms with E-state index in [1.165, 1.54) is 16.7 Å². The lowest BCUT2D eigenvalue weighted by molar-refractivity contribution is 0.0950. The third kappa shape index (κ3) is 4.34. The number of carbonyl (C=O) groups is 1. The second-order valence-electron chi connectivity index (χ2n) is 6.63. The molecule has 0 radical (unpaired) electrons. The quantitative estimate of drug-likeness (QED) is 0.363. The van der Waals surface area contributed by atoms with Crippen LogP contribution in [0.2, 0.25) is 0 Å². The molecule has 0 aliphatic heterocycles. The maximum Gasteiger partial charge on any atom is 0.280 e. The molecule has 1 amide bonds. The monoisotopic (exact) mass is 395 g/mol. The molecule has 1 aromatic heterocycles. The number of hydrogen-bond acceptors (Lipinski definition) is 4. The zero-order valence-corrected chi connectivity index (χ0v) is 16.1. The first-order valence-corrected chi connectivity index (χ1v) is 9.47. The molecule has 0 atom stereocenters. The molecule has 1 heterocycles. The van der Waals surface area contributed by atoms with Crippen molar-refractivity contribution in [2.24, 2.45) is 5.10 Å². The Morgan fingerprint density at radius 2 is 1.90 bits per heavy atom. The Morgan fingerprint density at radius 3 is 2.66 bits per heavy atom. The van der Waals surface area contributed by atoms with Gasteiger partial charge in [-0.25, -0.2) is 9.82 Å². The van der Waals surface area contributed by atoms with E-state index in [1.807, 2.05) is 0 Å². The molecule has 29 heavy (non-hydrogen) atoms. The number of aromatic hydroxyl groups is 1. The first kappa shape index (κ1) is 20.3. The highest BCUT2D eigenvalue weighted by atomic mass is 19.1. The van der Waals surface area contributed by atoms with E-state index in [1.54, 1.807) is 36.4 Å². The average Bonchev–Trinajstić information content (AvgIpc) is 2.72. The zero-order chi connectivity index (χ0) is 20.8. The van der Waals surface area contributed by atoms with Crippen LogP contribution in [0.4, 0.5) is 4.39 Å². The Balaban J connectivity index is 1.96. The van der Waals surface area contributed by atoms with E-state index >= 15 is 0 Å². The Kier molecular flexibility index (Phi) is 6.39. The summed E-state index contributed by atoms with van der Waals surface area (Å²) in [6.07, 6.45) is 3.85. The molecule has 0 saturated heterocycles. The lowest BCUT2D eigenvalue weighted by Crippen LogP contribution is -2.31. The van der Waals surface area contributed by atoms with Gasteiger partial charge in [-0.3, -0.25) is 9.59 Å². The molecule has 0 aliphatic rings. The third-order valence-corrected chi connectivity index (χ3v) is 4.63. The minimum Gasteiger partial charge on any atom is -0.506 e. The van der Waals surface area contributed by atoms with Crippen LogP contribution in [-0.2, 0) is 6.54 Å². The maximum atomic E-state index is 13.6. The lowest BCUT2D eigenvalue weighted by Gasteiger charge is -2.14. The number of carbonyl (C=O) groups excluding carboxylic acids is 1. The van der Waals surface area contributed by atoms with Crippen LogP contribution in [0.5, 0.6) is 5.75 Å². The molecule has 150 valence electrons. The first-order chi connectivity index (χ1) is 14.0. The second-order valence-corrected chi connectivity index (χ2v) is 6.63. The molecule has 0 aliphatic carbocycles. The van der Waals surface area contributed by atoms with Crippen molar-refractivity contribution in [1.82, 2.24) is 9.99 Å². The highest BCUT2D eigenvalue weighted by molar-refractivity contribution is 6.02. The van der Waals surface area contributed by atoms with Crippen molar-refractivity contribution in [3.8, 4) is 5.75 Å². The number of nitrogens with zero attached hydrogens (tertiary/aromatic N) is 2. The van der Waals surface area contributed by atoms with Gasteiger partial charge in [0.1, 0.15) is 17.1 Å². The molecule has 3 aromatic rings. The van der Waals surface area contributed by atoms with Crippen LogP contribution in [0.15, 0.2) is 58.4 Å². The number of para-hydroxylation sites is 1. The summed E-state index contributed by atoms with van der Waals surface area (Å²) in [5, 5.41) is 14.7. The van der Waals surface area contributed by atoms with Gasteiger partial charge < -0.3 is 9.67 Å². The predicted octanol–water partition coefficient (Wildman–Crippen LogP) is 3.80. The number of hydrazone groups is 1. The van der Waals surface area contributed by atoms with Crippen molar-refractivity contribution in [3.05, 3.63) is 75.8 Å². The number of rotatable bonds is 7. The van der Waals surface area contributed by atoms with Crippen LogP contribution >= 0.6 is 0 Å². The fraction of sp³-hybridized carbons (Fsp3) is 0.227. The Morgan fingerprint density at radius 1 is 1.17 bits per heavy atom. The number of amides is 1. The summed E-state index contributed by atoms with van der Waals surface area (Å²) in [5.41, 5.74) is 1.99. The maximum absolute atomic E-state index is 13.6. The standard InChI is InChI=1S/C22H22FN3O3/c1-2-3-8-13-26-18-12-7-5-10-16(18)20(27)19(22(26)29)21(28)25-24-14-15-9-4-6-11-17(15)23/h4-7,9-12,14,27H,2-3,8,13H2,1H3,(H,25,28)/b24-14-. The van der Waals surface area contributed by atoms with E-state index in [0.717, 1.165) is 25.5 Å². The molecular formula is C22H22FN3O3. The van der Waals surface area contributed by atoms with Gasteiger partial charge in [0, 0.05) is 17.5 Å². The van der Waals surface area contributed by atoms with E-state index in [2.05, 4.69) is 17.5 Å². The lowest BCUT2D eigenvalue weighted by atomic mass is 10.1. The number of nitrogens with one attached hydrogen (secondary N) is 1. The van der Waals surface area contributed by atoms with E-state index in [0.29, 0.717) is 17.4 Å².